The lowest BCUT2D eigenvalue weighted by Gasteiger charge is -2.21. The number of carbonyl (C=O) groups excluding carboxylic acids is 1. The molecular weight excluding hydrogens is 346 g/mol. The molecule has 1 aliphatic heterocycles. The second kappa shape index (κ2) is 9.85. The Hall–Kier alpha value is -1.92. The highest BCUT2D eigenvalue weighted by atomic mass is 16.5. The van der Waals surface area contributed by atoms with Gasteiger partial charge in [-0.15, -0.1) is 0 Å². The Balaban J connectivity index is 1.53. The molecule has 1 aliphatic carbocycles. The molecule has 1 aromatic heterocycles. The van der Waals surface area contributed by atoms with Gasteiger partial charge in [-0.1, -0.05) is 50.1 Å². The quantitative estimate of drug-likeness (QED) is 0.707. The average Bonchev–Trinajstić information content (AvgIpc) is 3.33. The van der Waals surface area contributed by atoms with Crippen molar-refractivity contribution in [3.63, 3.8) is 0 Å². The molecule has 2 aliphatic rings. The van der Waals surface area contributed by atoms with Crippen molar-refractivity contribution < 1.29 is 19.2 Å². The van der Waals surface area contributed by atoms with Gasteiger partial charge in [0, 0.05) is 19.0 Å². The minimum absolute atomic E-state index is 0.00757. The van der Waals surface area contributed by atoms with Crippen molar-refractivity contribution in [3.8, 4) is 0 Å². The van der Waals surface area contributed by atoms with Crippen LogP contribution in [0.15, 0.2) is 4.52 Å². The molecule has 27 heavy (non-hydrogen) atoms. The van der Waals surface area contributed by atoms with Crippen LogP contribution >= 0.6 is 0 Å². The highest BCUT2D eigenvalue weighted by molar-refractivity contribution is 5.78. The number of carboxylic acid groups (broad SMARTS) is 1. The van der Waals surface area contributed by atoms with Crippen molar-refractivity contribution in [2.45, 2.75) is 83.0 Å². The van der Waals surface area contributed by atoms with Crippen LogP contribution in [0.4, 0.5) is 0 Å². The van der Waals surface area contributed by atoms with Gasteiger partial charge >= 0.3 is 5.97 Å². The number of aromatic nitrogens is 2. The van der Waals surface area contributed by atoms with Crippen LogP contribution in [0.25, 0.3) is 0 Å². The smallest absolute Gasteiger partial charge is 0.304 e. The summed E-state index contributed by atoms with van der Waals surface area (Å²) in [6.45, 7) is 1.60. The average molecular weight is 377 g/mol. The number of carboxylic acids is 1. The Kier molecular flexibility index (Phi) is 7.24. The Morgan fingerprint density at radius 3 is 2.59 bits per heavy atom. The molecule has 1 saturated heterocycles. The van der Waals surface area contributed by atoms with E-state index in [2.05, 4.69) is 10.1 Å². The van der Waals surface area contributed by atoms with Gasteiger partial charge in [0.1, 0.15) is 0 Å². The molecule has 150 valence electrons. The van der Waals surface area contributed by atoms with E-state index in [9.17, 15) is 14.7 Å². The molecule has 1 amide bonds. The van der Waals surface area contributed by atoms with E-state index in [4.69, 9.17) is 4.52 Å². The van der Waals surface area contributed by atoms with E-state index in [1.54, 1.807) is 0 Å². The third-order valence-corrected chi connectivity index (χ3v) is 5.91. The van der Waals surface area contributed by atoms with Crippen LogP contribution in [0, 0.1) is 5.92 Å². The van der Waals surface area contributed by atoms with E-state index in [1.165, 1.54) is 32.1 Å². The van der Waals surface area contributed by atoms with Crippen molar-refractivity contribution in [2.24, 2.45) is 5.92 Å². The fourth-order valence-electron chi connectivity index (χ4n) is 4.37. The second-order valence-electron chi connectivity index (χ2n) is 8.04. The Bertz CT molecular complexity index is 618. The van der Waals surface area contributed by atoms with Gasteiger partial charge < -0.3 is 14.5 Å². The SMILES string of the molecule is O=C(O)CC(CCCC1CCCCC1)c1nc(CC(=O)N2CCCC2)no1. The van der Waals surface area contributed by atoms with Crippen LogP contribution in [0.2, 0.25) is 0 Å². The Labute approximate surface area is 160 Å². The summed E-state index contributed by atoms with van der Waals surface area (Å²) in [5, 5.41) is 13.2. The number of hydrogen-bond acceptors (Lipinski definition) is 5. The lowest BCUT2D eigenvalue weighted by Crippen LogP contribution is -2.29. The van der Waals surface area contributed by atoms with E-state index in [-0.39, 0.29) is 24.7 Å². The van der Waals surface area contributed by atoms with E-state index < -0.39 is 5.97 Å². The third-order valence-electron chi connectivity index (χ3n) is 5.91. The molecule has 1 saturated carbocycles. The third kappa shape index (κ3) is 6.04. The van der Waals surface area contributed by atoms with Crippen molar-refractivity contribution >= 4 is 11.9 Å². The highest BCUT2D eigenvalue weighted by Crippen LogP contribution is 2.31. The van der Waals surface area contributed by atoms with Gasteiger partial charge in [-0.05, 0) is 25.2 Å². The van der Waals surface area contributed by atoms with Gasteiger partial charge in [0.2, 0.25) is 11.8 Å². The molecule has 3 rings (SSSR count). The van der Waals surface area contributed by atoms with Crippen LogP contribution in [0.5, 0.6) is 0 Å². The standard InChI is InChI=1S/C20H31N3O4/c24-18(23-11-4-5-12-23)14-17-21-20(27-22-17)16(13-19(25)26)10-6-9-15-7-2-1-3-8-15/h15-16H,1-14H2,(H,25,26). The topological polar surface area (TPSA) is 96.5 Å². The van der Waals surface area contributed by atoms with Gasteiger partial charge in [-0.3, -0.25) is 9.59 Å². The molecule has 1 N–H and O–H groups in total. The first kappa shape index (κ1) is 19.8. The minimum Gasteiger partial charge on any atom is -0.481 e. The van der Waals surface area contributed by atoms with Crippen LogP contribution < -0.4 is 0 Å². The summed E-state index contributed by atoms with van der Waals surface area (Å²) in [6.07, 6.45) is 11.7. The van der Waals surface area contributed by atoms with Gasteiger partial charge in [0.15, 0.2) is 5.82 Å². The van der Waals surface area contributed by atoms with Crippen molar-refractivity contribution in [1.82, 2.24) is 15.0 Å². The maximum absolute atomic E-state index is 12.2. The molecule has 0 spiro atoms. The van der Waals surface area contributed by atoms with Gasteiger partial charge in [-0.2, -0.15) is 4.98 Å². The fourth-order valence-corrected chi connectivity index (χ4v) is 4.37. The lowest BCUT2D eigenvalue weighted by molar-refractivity contribution is -0.137. The Morgan fingerprint density at radius 1 is 1.15 bits per heavy atom. The monoisotopic (exact) mass is 377 g/mol. The van der Waals surface area contributed by atoms with Crippen LogP contribution in [-0.4, -0.2) is 45.1 Å². The van der Waals surface area contributed by atoms with Crippen molar-refractivity contribution in [1.29, 1.82) is 0 Å². The minimum atomic E-state index is -0.856. The predicted octanol–water partition coefficient (Wildman–Crippen LogP) is 3.54. The van der Waals surface area contributed by atoms with Crippen molar-refractivity contribution in [3.05, 3.63) is 11.7 Å². The van der Waals surface area contributed by atoms with E-state index in [0.717, 1.165) is 51.1 Å². The van der Waals surface area contributed by atoms with E-state index in [0.29, 0.717) is 11.7 Å². The number of hydrogen-bond donors (Lipinski definition) is 1. The summed E-state index contributed by atoms with van der Waals surface area (Å²) < 4.78 is 5.34. The number of amides is 1. The summed E-state index contributed by atoms with van der Waals surface area (Å²) in [6, 6.07) is 0. The molecule has 7 heteroatoms. The summed E-state index contributed by atoms with van der Waals surface area (Å²) in [5.74, 6) is 0.405. The number of likely N-dealkylation sites (tertiary alicyclic amines) is 1. The molecule has 1 atom stereocenters. The maximum Gasteiger partial charge on any atom is 0.304 e. The highest BCUT2D eigenvalue weighted by Gasteiger charge is 2.25. The number of aliphatic carboxylic acids is 1. The first-order chi connectivity index (χ1) is 13.1. The van der Waals surface area contributed by atoms with Crippen LogP contribution in [0.3, 0.4) is 0 Å². The first-order valence-electron chi connectivity index (χ1n) is 10.4. The number of carbonyl (C=O) groups is 2. The van der Waals surface area contributed by atoms with Crippen LogP contribution in [0.1, 0.15) is 88.3 Å². The molecule has 1 aromatic rings. The van der Waals surface area contributed by atoms with Crippen molar-refractivity contribution in [2.75, 3.05) is 13.1 Å². The van der Waals surface area contributed by atoms with Gasteiger partial charge in [-0.25, -0.2) is 0 Å². The second-order valence-corrected chi connectivity index (χ2v) is 8.04. The van der Waals surface area contributed by atoms with Gasteiger partial charge in [0.25, 0.3) is 0 Å². The van der Waals surface area contributed by atoms with Gasteiger partial charge in [0.05, 0.1) is 12.8 Å². The maximum atomic E-state index is 12.2. The molecule has 2 fully saturated rings. The molecule has 7 nitrogen and oxygen atoms in total. The largest absolute Gasteiger partial charge is 0.481 e. The molecule has 2 heterocycles. The lowest BCUT2D eigenvalue weighted by atomic mass is 9.84. The zero-order valence-corrected chi connectivity index (χ0v) is 16.1. The summed E-state index contributed by atoms with van der Waals surface area (Å²) in [7, 11) is 0. The summed E-state index contributed by atoms with van der Waals surface area (Å²) in [5.41, 5.74) is 0. The van der Waals surface area contributed by atoms with E-state index >= 15 is 0 Å². The molecule has 0 bridgehead atoms. The predicted molar refractivity (Wildman–Crippen MR) is 99.2 cm³/mol. The molecule has 0 radical (unpaired) electrons. The van der Waals surface area contributed by atoms with Crippen LogP contribution in [-0.2, 0) is 16.0 Å². The Morgan fingerprint density at radius 2 is 1.89 bits per heavy atom. The summed E-state index contributed by atoms with van der Waals surface area (Å²) in [4.78, 5) is 29.7. The number of rotatable bonds is 9. The number of nitrogens with zero attached hydrogens (tertiary/aromatic N) is 3. The normalized spacial score (nSPS) is 19.3. The van der Waals surface area contributed by atoms with E-state index in [1.807, 2.05) is 4.90 Å². The zero-order valence-electron chi connectivity index (χ0n) is 16.1. The zero-order chi connectivity index (χ0) is 19.1. The molecule has 1 unspecified atom stereocenters. The molecule has 0 aromatic carbocycles. The first-order valence-corrected chi connectivity index (χ1v) is 10.4. The summed E-state index contributed by atoms with van der Waals surface area (Å²) >= 11 is 0. The fraction of sp³-hybridized carbons (Fsp3) is 0.800. The molecular formula is C20H31N3O4.